The zero-order valence-electron chi connectivity index (χ0n) is 33.1. The standard InChI is InChI=1S/C54H51N2S/c1-3-5-14-42-28-34-47(35-29-42)56(48-36-30-43(31-37-48)15-6-4-2)49-38-32-45(33-39-49)23-22-44-24-26-46(27-25-44)40-41-55-51-18-10-12-20-53(51)57(50-16-8-7-9-17-50)54-21-13-11-19-52(54)55/h7-13,16-41H,3-6,14-15H2,1-2H3/q+1/b23-22+,41-40+. The van der Waals surface area contributed by atoms with E-state index in [1.165, 1.54) is 85.4 Å². The molecule has 57 heavy (non-hydrogen) atoms. The summed E-state index contributed by atoms with van der Waals surface area (Å²) in [5.74, 6) is 0. The van der Waals surface area contributed by atoms with Gasteiger partial charge in [-0.3, -0.25) is 0 Å². The van der Waals surface area contributed by atoms with E-state index in [4.69, 9.17) is 0 Å². The van der Waals surface area contributed by atoms with Crippen LogP contribution in [-0.2, 0) is 23.7 Å². The van der Waals surface area contributed by atoms with Crippen LogP contribution in [0.5, 0.6) is 0 Å². The fraction of sp³-hybridized carbons (Fsp3) is 0.148. The molecule has 0 radical (unpaired) electrons. The summed E-state index contributed by atoms with van der Waals surface area (Å²) in [5.41, 5.74) is 12.3. The van der Waals surface area contributed by atoms with E-state index in [9.17, 15) is 0 Å². The van der Waals surface area contributed by atoms with Crippen molar-refractivity contribution in [3.05, 3.63) is 210 Å². The molecule has 0 saturated heterocycles. The van der Waals surface area contributed by atoms with Crippen molar-refractivity contribution in [3.63, 3.8) is 0 Å². The van der Waals surface area contributed by atoms with Crippen LogP contribution in [-0.4, -0.2) is 0 Å². The van der Waals surface area contributed by atoms with Crippen LogP contribution in [0.15, 0.2) is 197 Å². The molecule has 1 aliphatic rings. The Morgan fingerprint density at radius 2 is 0.842 bits per heavy atom. The van der Waals surface area contributed by atoms with Gasteiger partial charge < -0.3 is 9.80 Å². The second kappa shape index (κ2) is 18.3. The van der Waals surface area contributed by atoms with Gasteiger partial charge >= 0.3 is 0 Å². The average molecular weight is 760 g/mol. The molecule has 1 heterocycles. The molecular weight excluding hydrogens is 709 g/mol. The Kier molecular flexibility index (Phi) is 12.1. The van der Waals surface area contributed by atoms with E-state index in [0.717, 1.165) is 24.1 Å². The zero-order valence-corrected chi connectivity index (χ0v) is 33.9. The lowest BCUT2D eigenvalue weighted by atomic mass is 10.1. The summed E-state index contributed by atoms with van der Waals surface area (Å²) in [6.45, 7) is 4.51. The number of hydrogen-bond acceptors (Lipinski definition) is 2. The average Bonchev–Trinajstić information content (AvgIpc) is 3.27. The molecule has 0 spiro atoms. The fourth-order valence-corrected chi connectivity index (χ4v) is 9.87. The first-order chi connectivity index (χ1) is 28.2. The van der Waals surface area contributed by atoms with Crippen LogP contribution in [0.25, 0.3) is 18.2 Å². The second-order valence-corrected chi connectivity index (χ2v) is 16.7. The maximum atomic E-state index is 2.37. The van der Waals surface area contributed by atoms with E-state index in [2.05, 4.69) is 224 Å². The minimum absolute atomic E-state index is 0.159. The summed E-state index contributed by atoms with van der Waals surface area (Å²) in [5, 5.41) is 0. The fourth-order valence-electron chi connectivity index (χ4n) is 7.52. The van der Waals surface area contributed by atoms with Gasteiger partial charge in [-0.05, 0) is 132 Å². The molecule has 0 unspecified atom stereocenters. The Bertz CT molecular complexity index is 2310. The SMILES string of the molecule is CCCCc1ccc(N(c2ccc(/C=C/c3ccc(/C=C/N4c5ccccc5[S+](c5ccccc5)c5ccccc54)cc3)cc2)c2ccc(CCCC)cc2)cc1. The highest BCUT2D eigenvalue weighted by Crippen LogP contribution is 2.48. The number of hydrogen-bond donors (Lipinski definition) is 0. The molecule has 0 bridgehead atoms. The van der Waals surface area contributed by atoms with Crippen molar-refractivity contribution in [2.45, 2.75) is 67.1 Å². The van der Waals surface area contributed by atoms with Crippen LogP contribution >= 0.6 is 0 Å². The van der Waals surface area contributed by atoms with Gasteiger partial charge in [-0.2, -0.15) is 0 Å². The van der Waals surface area contributed by atoms with Gasteiger partial charge in [0.15, 0.2) is 14.7 Å². The smallest absolute Gasteiger partial charge is 0.190 e. The van der Waals surface area contributed by atoms with Crippen LogP contribution in [0.4, 0.5) is 28.4 Å². The van der Waals surface area contributed by atoms with Crippen LogP contribution in [0.2, 0.25) is 0 Å². The lowest BCUT2D eigenvalue weighted by molar-refractivity contribution is 0.795. The second-order valence-electron chi connectivity index (χ2n) is 14.7. The zero-order chi connectivity index (χ0) is 38.8. The van der Waals surface area contributed by atoms with Gasteiger partial charge in [0.25, 0.3) is 0 Å². The van der Waals surface area contributed by atoms with E-state index in [1.54, 1.807) is 0 Å². The number of unbranched alkanes of at least 4 members (excludes halogenated alkanes) is 2. The van der Waals surface area contributed by atoms with E-state index in [-0.39, 0.29) is 10.9 Å². The minimum atomic E-state index is -0.159. The van der Waals surface area contributed by atoms with Crippen LogP contribution in [0.1, 0.15) is 67.3 Å². The molecule has 8 rings (SSSR count). The summed E-state index contributed by atoms with van der Waals surface area (Å²) in [6.07, 6.45) is 16.0. The summed E-state index contributed by atoms with van der Waals surface area (Å²) in [6, 6.07) is 64.5. The van der Waals surface area contributed by atoms with E-state index in [0.29, 0.717) is 0 Å². The number of anilines is 5. The first-order valence-electron chi connectivity index (χ1n) is 20.5. The van der Waals surface area contributed by atoms with E-state index >= 15 is 0 Å². The predicted octanol–water partition coefficient (Wildman–Crippen LogP) is 15.2. The summed E-state index contributed by atoms with van der Waals surface area (Å²) >= 11 is 0. The maximum absolute atomic E-state index is 2.37. The number of nitrogens with zero attached hydrogens (tertiary/aromatic N) is 2. The van der Waals surface area contributed by atoms with Crippen molar-refractivity contribution in [3.8, 4) is 0 Å². The molecule has 0 amide bonds. The third-order valence-electron chi connectivity index (χ3n) is 10.7. The topological polar surface area (TPSA) is 6.48 Å². The van der Waals surface area contributed by atoms with E-state index < -0.39 is 0 Å². The van der Waals surface area contributed by atoms with E-state index in [1.807, 2.05) is 0 Å². The quantitative estimate of drug-likeness (QED) is 0.0805. The maximum Gasteiger partial charge on any atom is 0.190 e. The molecule has 1 aliphatic heterocycles. The van der Waals surface area contributed by atoms with Crippen molar-refractivity contribution in [2.24, 2.45) is 0 Å². The van der Waals surface area contributed by atoms with Gasteiger partial charge in [-0.15, -0.1) is 0 Å². The molecule has 3 heteroatoms. The number of fused-ring (bicyclic) bond motifs is 2. The van der Waals surface area contributed by atoms with Gasteiger partial charge in [-0.1, -0.05) is 142 Å². The van der Waals surface area contributed by atoms with Crippen molar-refractivity contribution in [1.29, 1.82) is 0 Å². The van der Waals surface area contributed by atoms with Gasteiger partial charge in [0.1, 0.15) is 22.3 Å². The molecule has 0 N–H and O–H groups in total. The monoisotopic (exact) mass is 759 g/mol. The van der Waals surface area contributed by atoms with Crippen LogP contribution < -0.4 is 9.80 Å². The Morgan fingerprint density at radius 1 is 0.439 bits per heavy atom. The lowest BCUT2D eigenvalue weighted by Crippen LogP contribution is -2.21. The first kappa shape index (κ1) is 37.9. The number of rotatable bonds is 14. The third-order valence-corrected chi connectivity index (χ3v) is 13.0. The highest BCUT2D eigenvalue weighted by atomic mass is 32.2. The summed E-state index contributed by atoms with van der Waals surface area (Å²) in [4.78, 5) is 8.76. The van der Waals surface area contributed by atoms with Crippen molar-refractivity contribution in [2.75, 3.05) is 9.80 Å². The summed E-state index contributed by atoms with van der Waals surface area (Å²) < 4.78 is 0. The van der Waals surface area contributed by atoms with Crippen molar-refractivity contribution in [1.82, 2.24) is 0 Å². The van der Waals surface area contributed by atoms with Gasteiger partial charge in [0.2, 0.25) is 0 Å². The van der Waals surface area contributed by atoms with Crippen molar-refractivity contribution >= 4 is 57.6 Å². The molecule has 0 saturated carbocycles. The first-order valence-corrected chi connectivity index (χ1v) is 21.7. The predicted molar refractivity (Wildman–Crippen MR) is 246 cm³/mol. The number of benzene rings is 7. The Morgan fingerprint density at radius 3 is 1.32 bits per heavy atom. The number of para-hydroxylation sites is 2. The van der Waals surface area contributed by atoms with Gasteiger partial charge in [0.05, 0.1) is 0 Å². The minimum Gasteiger partial charge on any atom is -0.311 e. The summed E-state index contributed by atoms with van der Waals surface area (Å²) in [7, 11) is -0.159. The Hall–Kier alpha value is -6.03. The Labute approximate surface area is 342 Å². The molecule has 0 fully saturated rings. The molecule has 0 aromatic heterocycles. The van der Waals surface area contributed by atoms with Crippen molar-refractivity contribution < 1.29 is 0 Å². The molecule has 7 aromatic carbocycles. The molecule has 2 nitrogen and oxygen atoms in total. The molecule has 7 aromatic rings. The van der Waals surface area contributed by atoms with Crippen LogP contribution in [0.3, 0.4) is 0 Å². The highest BCUT2D eigenvalue weighted by molar-refractivity contribution is 7.97. The molecule has 282 valence electrons. The largest absolute Gasteiger partial charge is 0.311 e. The number of aryl methyl sites for hydroxylation is 2. The Balaban J connectivity index is 0.986. The third kappa shape index (κ3) is 8.85. The molecule has 0 aliphatic carbocycles. The normalized spacial score (nSPS) is 12.6. The lowest BCUT2D eigenvalue weighted by Gasteiger charge is -2.29. The van der Waals surface area contributed by atoms with Crippen LogP contribution in [0, 0.1) is 0 Å². The molecular formula is C54H51N2S+. The molecule has 0 atom stereocenters. The van der Waals surface area contributed by atoms with Gasteiger partial charge in [-0.25, -0.2) is 0 Å². The van der Waals surface area contributed by atoms with Gasteiger partial charge in [0, 0.05) is 23.3 Å². The highest BCUT2D eigenvalue weighted by Gasteiger charge is 2.40.